The number of carbonyl (C=O) groups is 1. The molecule has 8 heteroatoms. The molecule has 0 aromatic heterocycles. The van der Waals surface area contributed by atoms with E-state index in [0.717, 1.165) is 18.9 Å². The molecule has 1 aromatic rings. The summed E-state index contributed by atoms with van der Waals surface area (Å²) >= 11 is 5.83. The van der Waals surface area contributed by atoms with E-state index in [-0.39, 0.29) is 27.3 Å². The predicted molar refractivity (Wildman–Crippen MR) is 77.5 cm³/mol. The molecule has 0 heterocycles. The second-order valence-electron chi connectivity index (χ2n) is 4.92. The first kappa shape index (κ1) is 16.1. The third-order valence-corrected chi connectivity index (χ3v) is 5.21. The lowest BCUT2D eigenvalue weighted by Gasteiger charge is -2.13. The number of methoxy groups -OCH3 is 1. The van der Waals surface area contributed by atoms with Crippen LogP contribution in [0.15, 0.2) is 17.0 Å². The van der Waals surface area contributed by atoms with Crippen molar-refractivity contribution in [2.45, 2.75) is 30.7 Å². The van der Waals surface area contributed by atoms with Gasteiger partial charge in [-0.15, -0.1) is 0 Å². The number of nitrogens with one attached hydrogen (secondary N) is 1. The normalized spacial score (nSPS) is 21.1. The molecule has 2 N–H and O–H groups in total. The Morgan fingerprint density at radius 1 is 1.52 bits per heavy atom. The summed E-state index contributed by atoms with van der Waals surface area (Å²) in [5.41, 5.74) is -0.284. The van der Waals surface area contributed by atoms with Crippen molar-refractivity contribution in [3.63, 3.8) is 0 Å². The summed E-state index contributed by atoms with van der Waals surface area (Å²) in [6.45, 7) is 1.99. The van der Waals surface area contributed by atoms with Crippen LogP contribution in [0.3, 0.4) is 0 Å². The fourth-order valence-electron chi connectivity index (χ4n) is 2.24. The van der Waals surface area contributed by atoms with Gasteiger partial charge in [-0.3, -0.25) is 0 Å². The van der Waals surface area contributed by atoms with Crippen LogP contribution in [0.4, 0.5) is 0 Å². The van der Waals surface area contributed by atoms with E-state index in [9.17, 15) is 13.2 Å². The summed E-state index contributed by atoms with van der Waals surface area (Å²) in [6.07, 6.45) is 1.67. The smallest absolute Gasteiger partial charge is 0.339 e. The molecule has 2 unspecified atom stereocenters. The van der Waals surface area contributed by atoms with Crippen molar-refractivity contribution in [2.75, 3.05) is 7.11 Å². The van der Waals surface area contributed by atoms with Crippen LogP contribution < -0.4 is 9.46 Å². The van der Waals surface area contributed by atoms with E-state index < -0.39 is 16.0 Å². The average molecular weight is 334 g/mol. The Balaban J connectivity index is 2.45. The molecule has 0 amide bonds. The minimum atomic E-state index is -3.88. The zero-order valence-corrected chi connectivity index (χ0v) is 13.2. The van der Waals surface area contributed by atoms with Gasteiger partial charge in [0.1, 0.15) is 10.5 Å². The van der Waals surface area contributed by atoms with E-state index in [1.807, 2.05) is 6.92 Å². The molecule has 116 valence electrons. The fraction of sp³-hybridized carbons (Fsp3) is 0.462. The molecule has 0 aliphatic heterocycles. The monoisotopic (exact) mass is 333 g/mol. The van der Waals surface area contributed by atoms with Crippen molar-refractivity contribution in [1.82, 2.24) is 4.72 Å². The van der Waals surface area contributed by atoms with Crippen LogP contribution in [-0.2, 0) is 10.0 Å². The van der Waals surface area contributed by atoms with Gasteiger partial charge >= 0.3 is 5.97 Å². The zero-order valence-electron chi connectivity index (χ0n) is 11.6. The molecule has 2 atom stereocenters. The van der Waals surface area contributed by atoms with E-state index >= 15 is 0 Å². The summed E-state index contributed by atoms with van der Waals surface area (Å²) in [6, 6.07) is 2.24. The lowest BCUT2D eigenvalue weighted by Crippen LogP contribution is -2.28. The molecule has 1 aliphatic rings. The minimum Gasteiger partial charge on any atom is -0.494 e. The Kier molecular flexibility index (Phi) is 4.46. The third kappa shape index (κ3) is 3.30. The SMILES string of the molecule is CCC1CC1NS(=O)(=O)c1cc(Cl)cc(C(=O)O)c1OC. The van der Waals surface area contributed by atoms with Gasteiger partial charge in [0.05, 0.1) is 7.11 Å². The standard InChI is InChI=1S/C13H16ClNO5S/c1-3-7-4-10(7)15-21(18,19)11-6-8(14)5-9(13(16)17)12(11)20-2/h5-7,10,15H,3-4H2,1-2H3,(H,16,17). The van der Waals surface area contributed by atoms with Crippen LogP contribution in [0.2, 0.25) is 5.02 Å². The van der Waals surface area contributed by atoms with E-state index in [4.69, 9.17) is 21.4 Å². The van der Waals surface area contributed by atoms with Gasteiger partial charge in [0.25, 0.3) is 0 Å². The van der Waals surface area contributed by atoms with Crippen LogP contribution in [0.1, 0.15) is 30.1 Å². The van der Waals surface area contributed by atoms with Gasteiger partial charge in [-0.2, -0.15) is 0 Å². The molecule has 0 bridgehead atoms. The van der Waals surface area contributed by atoms with Crippen molar-refractivity contribution >= 4 is 27.6 Å². The molecule has 0 radical (unpaired) electrons. The number of carboxylic acid groups (broad SMARTS) is 1. The van der Waals surface area contributed by atoms with Gasteiger partial charge in [0.15, 0.2) is 5.75 Å². The second-order valence-corrected chi connectivity index (χ2v) is 7.04. The summed E-state index contributed by atoms with van der Waals surface area (Å²) < 4.78 is 32.3. The van der Waals surface area contributed by atoms with Crippen LogP contribution in [0.5, 0.6) is 5.75 Å². The Hall–Kier alpha value is -1.31. The first-order valence-electron chi connectivity index (χ1n) is 6.43. The minimum absolute atomic E-state index is 0.0245. The predicted octanol–water partition coefficient (Wildman–Crippen LogP) is 2.12. The van der Waals surface area contributed by atoms with Crippen molar-refractivity contribution in [2.24, 2.45) is 5.92 Å². The third-order valence-electron chi connectivity index (χ3n) is 3.50. The van der Waals surface area contributed by atoms with Crippen molar-refractivity contribution in [3.8, 4) is 5.75 Å². The lowest BCUT2D eigenvalue weighted by molar-refractivity contribution is 0.0693. The maximum absolute atomic E-state index is 12.4. The zero-order chi connectivity index (χ0) is 15.8. The molecule has 0 saturated heterocycles. The number of ether oxygens (including phenoxy) is 1. The fourth-order valence-corrected chi connectivity index (χ4v) is 4.06. The number of benzene rings is 1. The molecule has 0 spiro atoms. The van der Waals surface area contributed by atoms with Crippen molar-refractivity contribution in [1.29, 1.82) is 0 Å². The summed E-state index contributed by atoms with van der Waals surface area (Å²) in [4.78, 5) is 10.9. The highest BCUT2D eigenvalue weighted by atomic mass is 35.5. The lowest BCUT2D eigenvalue weighted by atomic mass is 10.2. The maximum Gasteiger partial charge on any atom is 0.339 e. The molecule has 1 aliphatic carbocycles. The molecule has 6 nitrogen and oxygen atoms in total. The van der Waals surface area contributed by atoms with Gasteiger partial charge in [0.2, 0.25) is 10.0 Å². The van der Waals surface area contributed by atoms with E-state index in [1.54, 1.807) is 0 Å². The highest BCUT2D eigenvalue weighted by Gasteiger charge is 2.39. The Morgan fingerprint density at radius 3 is 2.67 bits per heavy atom. The van der Waals surface area contributed by atoms with Crippen LogP contribution >= 0.6 is 11.6 Å². The molecule has 1 saturated carbocycles. The highest BCUT2D eigenvalue weighted by Crippen LogP contribution is 2.37. The number of sulfonamides is 1. The molecular formula is C13H16ClNO5S. The van der Waals surface area contributed by atoms with Gasteiger partial charge in [-0.1, -0.05) is 24.9 Å². The Bertz CT molecular complexity index is 673. The summed E-state index contributed by atoms with van der Waals surface area (Å²) in [5.74, 6) is -1.19. The van der Waals surface area contributed by atoms with Crippen LogP contribution in [-0.4, -0.2) is 32.6 Å². The average Bonchev–Trinajstić information content (AvgIpc) is 3.15. The molecule has 1 aromatic carbocycles. The van der Waals surface area contributed by atoms with Gasteiger partial charge in [-0.05, 0) is 24.5 Å². The second kappa shape index (κ2) is 5.82. The van der Waals surface area contributed by atoms with Gasteiger partial charge in [-0.25, -0.2) is 17.9 Å². The first-order valence-corrected chi connectivity index (χ1v) is 8.29. The molecule has 21 heavy (non-hydrogen) atoms. The van der Waals surface area contributed by atoms with Gasteiger partial charge < -0.3 is 9.84 Å². The molecule has 1 fully saturated rings. The van der Waals surface area contributed by atoms with Crippen LogP contribution in [0, 0.1) is 5.92 Å². The number of rotatable bonds is 6. The highest BCUT2D eigenvalue weighted by molar-refractivity contribution is 7.89. The molecular weight excluding hydrogens is 318 g/mol. The Labute approximate surface area is 128 Å². The van der Waals surface area contributed by atoms with Gasteiger partial charge in [0, 0.05) is 11.1 Å². The summed E-state index contributed by atoms with van der Waals surface area (Å²) in [7, 11) is -2.66. The van der Waals surface area contributed by atoms with Crippen molar-refractivity contribution in [3.05, 3.63) is 22.7 Å². The quantitative estimate of drug-likeness (QED) is 0.831. The maximum atomic E-state index is 12.4. The van der Waals surface area contributed by atoms with Crippen LogP contribution in [0.25, 0.3) is 0 Å². The topological polar surface area (TPSA) is 92.7 Å². The van der Waals surface area contributed by atoms with E-state index in [0.29, 0.717) is 5.92 Å². The first-order chi connectivity index (χ1) is 9.80. The van der Waals surface area contributed by atoms with E-state index in [1.165, 1.54) is 13.2 Å². The summed E-state index contributed by atoms with van der Waals surface area (Å²) in [5, 5.41) is 9.16. The van der Waals surface area contributed by atoms with E-state index in [2.05, 4.69) is 4.72 Å². The Morgan fingerprint density at radius 2 is 2.19 bits per heavy atom. The molecule has 2 rings (SSSR count). The van der Waals surface area contributed by atoms with Crippen molar-refractivity contribution < 1.29 is 23.1 Å². The number of aromatic carboxylic acids is 1. The largest absolute Gasteiger partial charge is 0.494 e. The number of carboxylic acids is 1. The number of hydrogen-bond acceptors (Lipinski definition) is 4. The number of halogens is 1. The number of hydrogen-bond donors (Lipinski definition) is 2.